The quantitative estimate of drug-likeness (QED) is 0.525. The van der Waals surface area contributed by atoms with Gasteiger partial charge in [0.15, 0.2) is 0 Å². The van der Waals surface area contributed by atoms with Crippen LogP contribution in [0.25, 0.3) is 0 Å². The Balaban J connectivity index is 1.30. The number of hydrogen-bond acceptors (Lipinski definition) is 6. The molecule has 1 aliphatic carbocycles. The van der Waals surface area contributed by atoms with Crippen molar-refractivity contribution in [3.05, 3.63) is 47.8 Å². The van der Waals surface area contributed by atoms with Crippen molar-refractivity contribution in [2.45, 2.75) is 50.5 Å². The average Bonchev–Trinajstić information content (AvgIpc) is 3.06. The van der Waals surface area contributed by atoms with Crippen LogP contribution in [0.3, 0.4) is 0 Å². The molecule has 4 rings (SSSR count). The van der Waals surface area contributed by atoms with Gasteiger partial charge in [0.1, 0.15) is 17.5 Å². The maximum absolute atomic E-state index is 13.9. The van der Waals surface area contributed by atoms with Crippen LogP contribution in [0.1, 0.15) is 30.9 Å². The largest absolute Gasteiger partial charge is 0.464 e. The maximum Gasteiger partial charge on any atom is 0.410 e. The lowest BCUT2D eigenvalue weighted by atomic mass is 10.1. The molecule has 0 spiro atoms. The van der Waals surface area contributed by atoms with Gasteiger partial charge in [0.2, 0.25) is 5.91 Å². The van der Waals surface area contributed by atoms with E-state index in [2.05, 4.69) is 17.2 Å². The number of carbonyl (C=O) groups is 3. The second kappa shape index (κ2) is 8.30. The Kier molecular flexibility index (Phi) is 5.70. The van der Waals surface area contributed by atoms with Crippen LogP contribution in [0.2, 0.25) is 0 Å². The Hall–Kier alpha value is -2.94. The zero-order valence-corrected chi connectivity index (χ0v) is 17.4. The maximum atomic E-state index is 13.9. The summed E-state index contributed by atoms with van der Waals surface area (Å²) in [5, 5.41) is 5.84. The van der Waals surface area contributed by atoms with Crippen molar-refractivity contribution in [2.75, 3.05) is 13.2 Å². The molecule has 2 heterocycles. The number of ether oxygens (including phenoxy) is 2. The van der Waals surface area contributed by atoms with E-state index in [9.17, 15) is 18.8 Å². The van der Waals surface area contributed by atoms with Crippen LogP contribution < -0.4 is 10.6 Å². The highest BCUT2D eigenvalue weighted by Gasteiger charge is 2.61. The smallest absolute Gasteiger partial charge is 0.410 e. The molecular weight excluding hydrogens is 405 g/mol. The van der Waals surface area contributed by atoms with Crippen LogP contribution in [-0.2, 0) is 32.2 Å². The molecule has 166 valence electrons. The minimum atomic E-state index is -1.06. The van der Waals surface area contributed by atoms with Gasteiger partial charge in [-0.1, -0.05) is 18.2 Å². The lowest BCUT2D eigenvalue weighted by molar-refractivity contribution is -0.149. The molecule has 1 aromatic carbocycles. The number of hydrogen-bond donors (Lipinski definition) is 2. The van der Waals surface area contributed by atoms with E-state index in [4.69, 9.17) is 9.47 Å². The number of fused-ring (bicyclic) bond motifs is 1. The molecule has 4 atom stereocenters. The summed E-state index contributed by atoms with van der Waals surface area (Å²) in [5.41, 5.74) is 0.215. The number of rotatable bonds is 6. The van der Waals surface area contributed by atoms with Crippen molar-refractivity contribution in [3.63, 3.8) is 0 Å². The van der Waals surface area contributed by atoms with E-state index in [1.165, 1.54) is 11.0 Å². The second-order valence-electron chi connectivity index (χ2n) is 8.16. The van der Waals surface area contributed by atoms with Crippen LogP contribution >= 0.6 is 0 Å². The number of esters is 1. The van der Waals surface area contributed by atoms with Crippen molar-refractivity contribution in [3.8, 4) is 0 Å². The predicted molar refractivity (Wildman–Crippen MR) is 108 cm³/mol. The first-order valence-electron chi connectivity index (χ1n) is 10.4. The van der Waals surface area contributed by atoms with Gasteiger partial charge < -0.3 is 20.1 Å². The monoisotopic (exact) mass is 431 g/mol. The van der Waals surface area contributed by atoms with Gasteiger partial charge in [-0.05, 0) is 25.0 Å². The molecule has 0 aromatic heterocycles. The molecule has 2 N–H and O–H groups in total. The van der Waals surface area contributed by atoms with E-state index in [0.717, 1.165) is 5.56 Å². The summed E-state index contributed by atoms with van der Waals surface area (Å²) in [4.78, 5) is 39.0. The molecule has 0 bridgehead atoms. The van der Waals surface area contributed by atoms with E-state index in [1.807, 2.05) is 0 Å². The molecule has 0 radical (unpaired) electrons. The van der Waals surface area contributed by atoms with Gasteiger partial charge in [-0.25, -0.2) is 14.0 Å². The zero-order valence-electron chi connectivity index (χ0n) is 17.4. The fourth-order valence-electron chi connectivity index (χ4n) is 4.29. The summed E-state index contributed by atoms with van der Waals surface area (Å²) < 4.78 is 24.5. The highest BCUT2D eigenvalue weighted by Crippen LogP contribution is 2.45. The summed E-state index contributed by atoms with van der Waals surface area (Å²) in [6.45, 7) is 6.42. The van der Waals surface area contributed by atoms with Crippen molar-refractivity contribution < 1.29 is 28.2 Å². The standard InChI is InChI=1S/C22H26FN3O5/c1-3-14-9-22(14,20(28)30-4-2)25-19(27)18-8-15(10-24-18)31-21(29)26-11-13-6-5-7-17(23)16(13)12-26/h3,5-7,14-15,18,24H,1,4,8-12H2,2H3,(H,25,27)/t14-,15-,18+,22+/m1/s1. The number of nitrogens with one attached hydrogen (secondary N) is 2. The number of amides is 2. The number of benzene rings is 1. The van der Waals surface area contributed by atoms with Crippen LogP contribution in [0.15, 0.2) is 30.9 Å². The van der Waals surface area contributed by atoms with Gasteiger partial charge in [-0.3, -0.25) is 9.69 Å². The Bertz CT molecular complexity index is 922. The summed E-state index contributed by atoms with van der Waals surface area (Å²) >= 11 is 0. The Morgan fingerprint density at radius 1 is 1.39 bits per heavy atom. The van der Waals surface area contributed by atoms with Crippen LogP contribution in [0.5, 0.6) is 0 Å². The lowest BCUT2D eigenvalue weighted by Crippen LogP contribution is -2.51. The first-order valence-corrected chi connectivity index (χ1v) is 10.4. The third-order valence-electron chi connectivity index (χ3n) is 6.14. The van der Waals surface area contributed by atoms with Crippen molar-refractivity contribution in [1.29, 1.82) is 0 Å². The summed E-state index contributed by atoms with van der Waals surface area (Å²) in [6.07, 6.45) is 1.34. The Morgan fingerprint density at radius 3 is 2.87 bits per heavy atom. The predicted octanol–water partition coefficient (Wildman–Crippen LogP) is 1.63. The van der Waals surface area contributed by atoms with Gasteiger partial charge in [-0.15, -0.1) is 6.58 Å². The molecule has 3 aliphatic rings. The van der Waals surface area contributed by atoms with Gasteiger partial charge in [0.25, 0.3) is 0 Å². The normalized spacial score (nSPS) is 28.6. The third-order valence-corrected chi connectivity index (χ3v) is 6.14. The minimum absolute atomic E-state index is 0.163. The first-order chi connectivity index (χ1) is 14.9. The third kappa shape index (κ3) is 4.01. The summed E-state index contributed by atoms with van der Waals surface area (Å²) in [5.74, 6) is -1.30. The molecule has 2 amide bonds. The fourth-order valence-corrected chi connectivity index (χ4v) is 4.29. The molecule has 31 heavy (non-hydrogen) atoms. The summed E-state index contributed by atoms with van der Waals surface area (Å²) in [7, 11) is 0. The molecule has 0 unspecified atom stereocenters. The number of carbonyl (C=O) groups excluding carboxylic acids is 3. The first kappa shape index (κ1) is 21.3. The molecule has 1 saturated heterocycles. The highest BCUT2D eigenvalue weighted by molar-refractivity contribution is 5.93. The van der Waals surface area contributed by atoms with E-state index in [-0.39, 0.29) is 37.2 Å². The van der Waals surface area contributed by atoms with Gasteiger partial charge in [0.05, 0.1) is 19.2 Å². The SMILES string of the molecule is C=C[C@@H]1C[C@@]1(NC(=O)[C@@H]1C[C@@H](OC(=O)N2Cc3cccc(F)c3C2)CN1)C(=O)OCC. The lowest BCUT2D eigenvalue weighted by Gasteiger charge is -2.20. The van der Waals surface area contributed by atoms with Crippen LogP contribution in [0.4, 0.5) is 9.18 Å². The van der Waals surface area contributed by atoms with E-state index in [1.54, 1.807) is 25.1 Å². The molecule has 9 heteroatoms. The van der Waals surface area contributed by atoms with Crippen LogP contribution in [-0.4, -0.2) is 53.7 Å². The second-order valence-corrected chi connectivity index (χ2v) is 8.16. The molecule has 1 aromatic rings. The fraction of sp³-hybridized carbons (Fsp3) is 0.500. The molecule has 2 aliphatic heterocycles. The Morgan fingerprint density at radius 2 is 2.19 bits per heavy atom. The Labute approximate surface area is 179 Å². The van der Waals surface area contributed by atoms with Gasteiger partial charge in [0, 0.05) is 31.0 Å². The minimum Gasteiger partial charge on any atom is -0.464 e. The van der Waals surface area contributed by atoms with Crippen molar-refractivity contribution in [1.82, 2.24) is 15.5 Å². The van der Waals surface area contributed by atoms with Gasteiger partial charge in [-0.2, -0.15) is 0 Å². The van der Waals surface area contributed by atoms with E-state index in [0.29, 0.717) is 25.1 Å². The van der Waals surface area contributed by atoms with Gasteiger partial charge >= 0.3 is 12.1 Å². The average molecular weight is 431 g/mol. The van der Waals surface area contributed by atoms with Crippen molar-refractivity contribution >= 4 is 18.0 Å². The molecule has 2 fully saturated rings. The molecule has 8 nitrogen and oxygen atoms in total. The number of halogens is 1. The van der Waals surface area contributed by atoms with Crippen LogP contribution in [0, 0.1) is 11.7 Å². The topological polar surface area (TPSA) is 97.0 Å². The number of nitrogens with zero attached hydrogens (tertiary/aromatic N) is 1. The van der Waals surface area contributed by atoms with E-state index < -0.39 is 29.7 Å². The highest BCUT2D eigenvalue weighted by atomic mass is 19.1. The zero-order chi connectivity index (χ0) is 22.2. The summed E-state index contributed by atoms with van der Waals surface area (Å²) in [6, 6.07) is 4.19. The molecule has 1 saturated carbocycles. The van der Waals surface area contributed by atoms with Crippen molar-refractivity contribution in [2.24, 2.45) is 5.92 Å². The molecular formula is C22H26FN3O5. The van der Waals surface area contributed by atoms with E-state index >= 15 is 0 Å².